The zero-order valence-electron chi connectivity index (χ0n) is 16.7. The summed E-state index contributed by atoms with van der Waals surface area (Å²) < 4.78 is 10.8. The van der Waals surface area contributed by atoms with Crippen molar-refractivity contribution in [3.8, 4) is 11.5 Å². The summed E-state index contributed by atoms with van der Waals surface area (Å²) in [5, 5.41) is 8.02. The minimum atomic E-state index is -0.441. The van der Waals surface area contributed by atoms with Crippen molar-refractivity contribution >= 4 is 46.8 Å². The minimum Gasteiger partial charge on any atom is -0.494 e. The summed E-state index contributed by atoms with van der Waals surface area (Å²) in [5.74, 6) is 0.698. The van der Waals surface area contributed by atoms with Gasteiger partial charge in [-0.05, 0) is 91.4 Å². The van der Waals surface area contributed by atoms with E-state index in [0.29, 0.717) is 33.8 Å². The SMILES string of the molecule is CCOc1ccc(C(=O)Oc2ccc(/C=N\NC(=S)Nc3cccc(Cl)c3)cc2)cc1. The molecule has 31 heavy (non-hydrogen) atoms. The molecule has 3 aromatic carbocycles. The van der Waals surface area contributed by atoms with E-state index < -0.39 is 5.97 Å². The molecule has 6 nitrogen and oxygen atoms in total. The van der Waals surface area contributed by atoms with Gasteiger partial charge in [0, 0.05) is 10.7 Å². The topological polar surface area (TPSA) is 72.0 Å². The summed E-state index contributed by atoms with van der Waals surface area (Å²) in [6, 6.07) is 20.9. The average molecular weight is 454 g/mol. The van der Waals surface area contributed by atoms with Gasteiger partial charge in [-0.1, -0.05) is 17.7 Å². The molecular formula is C23H20ClN3O3S. The van der Waals surface area contributed by atoms with Crippen LogP contribution in [0.2, 0.25) is 5.02 Å². The van der Waals surface area contributed by atoms with Crippen LogP contribution in [-0.2, 0) is 0 Å². The highest BCUT2D eigenvalue weighted by Gasteiger charge is 2.08. The van der Waals surface area contributed by atoms with E-state index in [9.17, 15) is 4.79 Å². The molecule has 0 bridgehead atoms. The molecule has 0 atom stereocenters. The highest BCUT2D eigenvalue weighted by molar-refractivity contribution is 7.80. The van der Waals surface area contributed by atoms with Crippen molar-refractivity contribution < 1.29 is 14.3 Å². The zero-order valence-corrected chi connectivity index (χ0v) is 18.2. The van der Waals surface area contributed by atoms with Crippen LogP contribution in [0.3, 0.4) is 0 Å². The van der Waals surface area contributed by atoms with Gasteiger partial charge >= 0.3 is 5.97 Å². The molecule has 0 heterocycles. The van der Waals surface area contributed by atoms with Crippen molar-refractivity contribution in [2.75, 3.05) is 11.9 Å². The summed E-state index contributed by atoms with van der Waals surface area (Å²) >= 11 is 11.1. The third kappa shape index (κ3) is 7.09. The standard InChI is InChI=1S/C23H20ClN3O3S/c1-2-29-20-12-8-17(9-13-20)22(28)30-21-10-6-16(7-11-21)15-25-27-23(31)26-19-5-3-4-18(24)14-19/h3-15H,2H2,1H3,(H2,26,27,31)/b25-15-. The lowest BCUT2D eigenvalue weighted by atomic mass is 10.2. The maximum atomic E-state index is 12.3. The van der Waals surface area contributed by atoms with Gasteiger partial charge < -0.3 is 14.8 Å². The van der Waals surface area contributed by atoms with Crippen LogP contribution in [0.1, 0.15) is 22.8 Å². The third-order valence-corrected chi connectivity index (χ3v) is 4.38. The fourth-order valence-electron chi connectivity index (χ4n) is 2.53. The molecule has 8 heteroatoms. The molecule has 0 aromatic heterocycles. The normalized spacial score (nSPS) is 10.5. The molecule has 0 aliphatic heterocycles. The molecule has 0 amide bonds. The number of carbonyl (C=O) groups excluding carboxylic acids is 1. The molecule has 0 radical (unpaired) electrons. The van der Waals surface area contributed by atoms with Crippen molar-refractivity contribution in [2.45, 2.75) is 6.92 Å². The lowest BCUT2D eigenvalue weighted by molar-refractivity contribution is 0.0734. The fraction of sp³-hybridized carbons (Fsp3) is 0.0870. The van der Waals surface area contributed by atoms with Crippen LogP contribution in [0, 0.1) is 0 Å². The van der Waals surface area contributed by atoms with E-state index in [-0.39, 0.29) is 0 Å². The Morgan fingerprint density at radius 2 is 1.77 bits per heavy atom. The Bertz CT molecular complexity index is 1070. The van der Waals surface area contributed by atoms with Gasteiger partial charge in [-0.2, -0.15) is 5.10 Å². The van der Waals surface area contributed by atoms with Crippen LogP contribution < -0.4 is 20.2 Å². The number of thiocarbonyl (C=S) groups is 1. The van der Waals surface area contributed by atoms with E-state index in [0.717, 1.165) is 11.3 Å². The number of esters is 1. The van der Waals surface area contributed by atoms with Gasteiger partial charge in [0.2, 0.25) is 0 Å². The van der Waals surface area contributed by atoms with Crippen LogP contribution in [-0.4, -0.2) is 23.9 Å². The number of hydrazone groups is 1. The van der Waals surface area contributed by atoms with Crippen molar-refractivity contribution in [1.29, 1.82) is 0 Å². The van der Waals surface area contributed by atoms with E-state index in [1.54, 1.807) is 66.9 Å². The van der Waals surface area contributed by atoms with E-state index in [1.165, 1.54) is 0 Å². The number of rotatable bonds is 7. The fourth-order valence-corrected chi connectivity index (χ4v) is 2.89. The van der Waals surface area contributed by atoms with Crippen molar-refractivity contribution in [3.63, 3.8) is 0 Å². The number of carbonyl (C=O) groups is 1. The van der Waals surface area contributed by atoms with Crippen LogP contribution in [0.25, 0.3) is 0 Å². The summed E-state index contributed by atoms with van der Waals surface area (Å²) in [4.78, 5) is 12.3. The Kier molecular flexibility index (Phi) is 7.98. The highest BCUT2D eigenvalue weighted by Crippen LogP contribution is 2.17. The predicted molar refractivity (Wildman–Crippen MR) is 127 cm³/mol. The second-order valence-electron chi connectivity index (χ2n) is 6.25. The molecule has 3 rings (SSSR count). The van der Waals surface area contributed by atoms with Gasteiger partial charge in [0.1, 0.15) is 11.5 Å². The van der Waals surface area contributed by atoms with Crippen LogP contribution in [0.15, 0.2) is 77.9 Å². The molecule has 3 aromatic rings. The van der Waals surface area contributed by atoms with Crippen LogP contribution in [0.4, 0.5) is 5.69 Å². The molecule has 158 valence electrons. The smallest absolute Gasteiger partial charge is 0.343 e. The maximum Gasteiger partial charge on any atom is 0.343 e. The Labute approximate surface area is 190 Å². The first-order chi connectivity index (χ1) is 15.0. The number of hydrogen-bond donors (Lipinski definition) is 2. The minimum absolute atomic E-state index is 0.333. The van der Waals surface area contributed by atoms with Gasteiger partial charge in [0.05, 0.1) is 18.4 Å². The lowest BCUT2D eigenvalue weighted by Gasteiger charge is -2.07. The number of ether oxygens (including phenoxy) is 2. The molecule has 0 unspecified atom stereocenters. The first-order valence-electron chi connectivity index (χ1n) is 9.44. The second-order valence-corrected chi connectivity index (χ2v) is 7.10. The van der Waals surface area contributed by atoms with Crippen molar-refractivity contribution in [3.05, 3.63) is 88.9 Å². The first kappa shape index (κ1) is 22.3. The number of halogens is 1. The van der Waals surface area contributed by atoms with Crippen molar-refractivity contribution in [2.24, 2.45) is 5.10 Å². The van der Waals surface area contributed by atoms with Crippen LogP contribution in [0.5, 0.6) is 11.5 Å². The molecule has 2 N–H and O–H groups in total. The largest absolute Gasteiger partial charge is 0.494 e. The van der Waals surface area contributed by atoms with Gasteiger partial charge in [-0.25, -0.2) is 4.79 Å². The van der Waals surface area contributed by atoms with Gasteiger partial charge in [0.25, 0.3) is 0 Å². The van der Waals surface area contributed by atoms with E-state index in [1.807, 2.05) is 19.1 Å². The Morgan fingerprint density at radius 3 is 2.45 bits per heavy atom. The highest BCUT2D eigenvalue weighted by atomic mass is 35.5. The summed E-state index contributed by atoms with van der Waals surface area (Å²) in [7, 11) is 0. The van der Waals surface area contributed by atoms with Crippen molar-refractivity contribution in [1.82, 2.24) is 5.43 Å². The number of nitrogens with one attached hydrogen (secondary N) is 2. The number of anilines is 1. The molecule has 0 spiro atoms. The predicted octanol–water partition coefficient (Wildman–Crippen LogP) is 5.28. The molecule has 0 aliphatic carbocycles. The summed E-state index contributed by atoms with van der Waals surface area (Å²) in [6.45, 7) is 2.47. The van der Waals surface area contributed by atoms with Gasteiger partial charge in [0.15, 0.2) is 5.11 Å². The zero-order chi connectivity index (χ0) is 22.1. The second kappa shape index (κ2) is 11.1. The van der Waals surface area contributed by atoms with E-state index >= 15 is 0 Å². The number of nitrogens with zero attached hydrogens (tertiary/aromatic N) is 1. The summed E-state index contributed by atoms with van der Waals surface area (Å²) in [5.41, 5.74) is 4.74. The lowest BCUT2D eigenvalue weighted by Crippen LogP contribution is -2.23. The maximum absolute atomic E-state index is 12.3. The molecule has 0 saturated carbocycles. The van der Waals surface area contributed by atoms with Gasteiger partial charge in [-0.15, -0.1) is 0 Å². The first-order valence-corrected chi connectivity index (χ1v) is 10.2. The van der Waals surface area contributed by atoms with Gasteiger partial charge in [-0.3, -0.25) is 5.43 Å². The Balaban J connectivity index is 1.50. The summed E-state index contributed by atoms with van der Waals surface area (Å²) in [6.07, 6.45) is 1.60. The molecule has 0 aliphatic rings. The van der Waals surface area contributed by atoms with E-state index in [2.05, 4.69) is 15.8 Å². The van der Waals surface area contributed by atoms with E-state index in [4.69, 9.17) is 33.3 Å². The third-order valence-electron chi connectivity index (χ3n) is 3.95. The monoisotopic (exact) mass is 453 g/mol. The molecule has 0 fully saturated rings. The number of hydrogen-bond acceptors (Lipinski definition) is 5. The van der Waals surface area contributed by atoms with Crippen LogP contribution >= 0.6 is 23.8 Å². The Morgan fingerprint density at radius 1 is 1.06 bits per heavy atom. The Hall–Kier alpha value is -3.42. The quantitative estimate of drug-likeness (QED) is 0.167. The molecular weight excluding hydrogens is 434 g/mol. The average Bonchev–Trinajstić information content (AvgIpc) is 2.76. The molecule has 0 saturated heterocycles. The number of benzene rings is 3.